The van der Waals surface area contributed by atoms with Crippen molar-refractivity contribution in [2.45, 2.75) is 32.2 Å². The van der Waals surface area contributed by atoms with Crippen LogP contribution in [0.5, 0.6) is 11.5 Å². The van der Waals surface area contributed by atoms with Crippen molar-refractivity contribution >= 4 is 11.7 Å². The van der Waals surface area contributed by atoms with Crippen LogP contribution in [0.2, 0.25) is 0 Å². The minimum atomic E-state index is -0.805. The lowest BCUT2D eigenvalue weighted by Gasteiger charge is -2.38. The Kier molecular flexibility index (Phi) is 6.02. The maximum atomic E-state index is 14.0. The number of nitrogens with one attached hydrogen (secondary N) is 1. The first-order valence-electron chi connectivity index (χ1n) is 9.26. The molecule has 150 valence electrons. The molecule has 0 aromatic heterocycles. The van der Waals surface area contributed by atoms with Gasteiger partial charge in [-0.3, -0.25) is 0 Å². The quantitative estimate of drug-likeness (QED) is 0.789. The number of urea groups is 1. The van der Waals surface area contributed by atoms with Gasteiger partial charge in [-0.25, -0.2) is 13.6 Å². The lowest BCUT2D eigenvalue weighted by molar-refractivity contribution is 0.175. The SMILES string of the molecule is CCCC1c2c(cc(OC)cc2OC)CCN1C(=O)Nc1ccc(F)cc1F. The Morgan fingerprint density at radius 3 is 2.64 bits per heavy atom. The van der Waals surface area contributed by atoms with Gasteiger partial charge in [0.05, 0.1) is 25.9 Å². The number of fused-ring (bicyclic) bond motifs is 1. The van der Waals surface area contributed by atoms with Crippen LogP contribution in [0.25, 0.3) is 0 Å². The van der Waals surface area contributed by atoms with Gasteiger partial charge in [0.15, 0.2) is 0 Å². The number of rotatable bonds is 5. The molecule has 2 aromatic rings. The summed E-state index contributed by atoms with van der Waals surface area (Å²) in [6.45, 7) is 2.52. The first-order valence-corrected chi connectivity index (χ1v) is 9.26. The fraction of sp³-hybridized carbons (Fsp3) is 0.381. The van der Waals surface area contributed by atoms with Crippen molar-refractivity contribution < 1.29 is 23.0 Å². The van der Waals surface area contributed by atoms with Gasteiger partial charge in [-0.1, -0.05) is 13.3 Å². The normalized spacial score (nSPS) is 15.8. The van der Waals surface area contributed by atoms with Crippen LogP contribution in [-0.4, -0.2) is 31.7 Å². The maximum Gasteiger partial charge on any atom is 0.322 e. The zero-order valence-electron chi connectivity index (χ0n) is 16.2. The predicted octanol–water partition coefficient (Wildman–Crippen LogP) is 4.91. The second-order valence-electron chi connectivity index (χ2n) is 6.70. The third-order valence-electron chi connectivity index (χ3n) is 4.98. The second-order valence-corrected chi connectivity index (χ2v) is 6.70. The Morgan fingerprint density at radius 2 is 2.00 bits per heavy atom. The number of nitrogens with zero attached hydrogens (tertiary/aromatic N) is 1. The molecule has 0 aliphatic carbocycles. The molecule has 1 unspecified atom stereocenters. The fourth-order valence-corrected chi connectivity index (χ4v) is 3.68. The number of hydrogen-bond acceptors (Lipinski definition) is 3. The number of benzene rings is 2. The monoisotopic (exact) mass is 390 g/mol. The van der Waals surface area contributed by atoms with E-state index in [1.54, 1.807) is 19.1 Å². The highest BCUT2D eigenvalue weighted by molar-refractivity contribution is 5.90. The number of carbonyl (C=O) groups excluding carboxylic acids is 1. The number of amides is 2. The van der Waals surface area contributed by atoms with E-state index in [1.807, 2.05) is 19.1 Å². The summed E-state index contributed by atoms with van der Waals surface area (Å²) in [5, 5.41) is 2.57. The van der Waals surface area contributed by atoms with Crippen LogP contribution in [0.4, 0.5) is 19.3 Å². The lowest BCUT2D eigenvalue weighted by Crippen LogP contribution is -2.42. The van der Waals surface area contributed by atoms with Crippen LogP contribution < -0.4 is 14.8 Å². The van der Waals surface area contributed by atoms with Gasteiger partial charge in [0, 0.05) is 24.2 Å². The van der Waals surface area contributed by atoms with Crippen LogP contribution in [0.1, 0.15) is 36.9 Å². The predicted molar refractivity (Wildman–Crippen MR) is 103 cm³/mol. The molecule has 28 heavy (non-hydrogen) atoms. The van der Waals surface area contributed by atoms with Crippen LogP contribution in [0.15, 0.2) is 30.3 Å². The summed E-state index contributed by atoms with van der Waals surface area (Å²) >= 11 is 0. The molecule has 0 spiro atoms. The summed E-state index contributed by atoms with van der Waals surface area (Å²) in [5.41, 5.74) is 1.98. The molecular formula is C21H24F2N2O3. The molecule has 3 rings (SSSR count). The smallest absolute Gasteiger partial charge is 0.322 e. The highest BCUT2D eigenvalue weighted by Gasteiger charge is 2.33. The molecule has 0 saturated heterocycles. The molecule has 1 N–H and O–H groups in total. The molecule has 0 fully saturated rings. The van der Waals surface area contributed by atoms with E-state index >= 15 is 0 Å². The zero-order chi connectivity index (χ0) is 20.3. The van der Waals surface area contributed by atoms with Gasteiger partial charge >= 0.3 is 6.03 Å². The summed E-state index contributed by atoms with van der Waals surface area (Å²) in [6.07, 6.45) is 2.21. The molecule has 7 heteroatoms. The molecule has 1 aliphatic rings. The van der Waals surface area contributed by atoms with Gasteiger partial charge < -0.3 is 19.7 Å². The van der Waals surface area contributed by atoms with Crippen molar-refractivity contribution in [3.05, 3.63) is 53.1 Å². The maximum absolute atomic E-state index is 14.0. The topological polar surface area (TPSA) is 50.8 Å². The van der Waals surface area contributed by atoms with Gasteiger partial charge in [0.1, 0.15) is 23.1 Å². The van der Waals surface area contributed by atoms with E-state index in [-0.39, 0.29) is 11.7 Å². The molecule has 0 bridgehead atoms. The number of methoxy groups -OCH3 is 2. The molecule has 0 saturated carbocycles. The van der Waals surface area contributed by atoms with Gasteiger partial charge in [-0.15, -0.1) is 0 Å². The summed E-state index contributed by atoms with van der Waals surface area (Å²) in [7, 11) is 3.19. The van der Waals surface area contributed by atoms with Crippen LogP contribution in [0.3, 0.4) is 0 Å². The molecule has 0 radical (unpaired) electrons. The van der Waals surface area contributed by atoms with Crippen LogP contribution >= 0.6 is 0 Å². The standard InChI is InChI=1S/C21H24F2N2O3/c1-4-5-18-20-13(10-15(27-2)12-19(20)28-3)8-9-25(18)21(26)24-17-7-6-14(22)11-16(17)23/h6-7,10-12,18H,4-5,8-9H2,1-3H3,(H,24,26). The average Bonchev–Trinajstić information content (AvgIpc) is 2.69. The van der Waals surface area contributed by atoms with Gasteiger partial charge in [0.2, 0.25) is 0 Å². The molecule has 1 heterocycles. The third-order valence-corrected chi connectivity index (χ3v) is 4.98. The zero-order valence-corrected chi connectivity index (χ0v) is 16.2. The van der Waals surface area contributed by atoms with Crippen molar-refractivity contribution in [3.8, 4) is 11.5 Å². The Hall–Kier alpha value is -2.83. The number of hydrogen-bond donors (Lipinski definition) is 1. The van der Waals surface area contributed by atoms with E-state index in [9.17, 15) is 13.6 Å². The highest BCUT2D eigenvalue weighted by Crippen LogP contribution is 2.41. The van der Waals surface area contributed by atoms with E-state index in [0.29, 0.717) is 24.5 Å². The van der Waals surface area contributed by atoms with Gasteiger partial charge in [-0.2, -0.15) is 0 Å². The van der Waals surface area contributed by atoms with Gasteiger partial charge in [-0.05, 0) is 36.6 Å². The van der Waals surface area contributed by atoms with E-state index in [0.717, 1.165) is 36.1 Å². The lowest BCUT2D eigenvalue weighted by atomic mass is 9.89. The number of anilines is 1. The van der Waals surface area contributed by atoms with E-state index < -0.39 is 17.7 Å². The fourth-order valence-electron chi connectivity index (χ4n) is 3.68. The van der Waals surface area contributed by atoms with Crippen molar-refractivity contribution in [3.63, 3.8) is 0 Å². The summed E-state index contributed by atoms with van der Waals surface area (Å²) in [4.78, 5) is 14.6. The van der Waals surface area contributed by atoms with Gasteiger partial charge in [0.25, 0.3) is 0 Å². The largest absolute Gasteiger partial charge is 0.497 e. The first kappa shape index (κ1) is 19.9. The highest BCUT2D eigenvalue weighted by atomic mass is 19.1. The minimum absolute atomic E-state index is 0.0471. The van der Waals surface area contributed by atoms with E-state index in [4.69, 9.17) is 9.47 Å². The second kappa shape index (κ2) is 8.46. The van der Waals surface area contributed by atoms with E-state index in [2.05, 4.69) is 5.32 Å². The Balaban J connectivity index is 1.93. The third kappa shape index (κ3) is 3.88. The van der Waals surface area contributed by atoms with Crippen molar-refractivity contribution in [2.24, 2.45) is 0 Å². The van der Waals surface area contributed by atoms with Crippen molar-refractivity contribution in [2.75, 3.05) is 26.1 Å². The number of halogens is 2. The Bertz CT molecular complexity index is 856. The summed E-state index contributed by atoms with van der Waals surface area (Å²) < 4.78 is 38.0. The molecular weight excluding hydrogens is 366 g/mol. The van der Waals surface area contributed by atoms with Crippen LogP contribution in [0, 0.1) is 11.6 Å². The Morgan fingerprint density at radius 1 is 1.21 bits per heavy atom. The molecule has 2 aromatic carbocycles. The van der Waals surface area contributed by atoms with Crippen molar-refractivity contribution in [1.82, 2.24) is 4.90 Å². The first-order chi connectivity index (χ1) is 13.5. The minimum Gasteiger partial charge on any atom is -0.497 e. The molecule has 5 nitrogen and oxygen atoms in total. The van der Waals surface area contributed by atoms with Crippen molar-refractivity contribution in [1.29, 1.82) is 0 Å². The summed E-state index contributed by atoms with van der Waals surface area (Å²) in [5.74, 6) is -0.125. The summed E-state index contributed by atoms with van der Waals surface area (Å²) in [6, 6.07) is 6.23. The van der Waals surface area contributed by atoms with E-state index in [1.165, 1.54) is 6.07 Å². The van der Waals surface area contributed by atoms with Crippen LogP contribution in [-0.2, 0) is 6.42 Å². The Labute approximate surface area is 163 Å². The number of ether oxygens (including phenoxy) is 2. The number of carbonyl (C=O) groups is 1. The molecule has 2 amide bonds. The average molecular weight is 390 g/mol. The molecule has 1 atom stereocenters. The molecule has 1 aliphatic heterocycles.